The normalized spacial score (nSPS) is 11.0. The summed E-state index contributed by atoms with van der Waals surface area (Å²) < 4.78 is 15.5. The minimum absolute atomic E-state index is 0.0548. The van der Waals surface area contributed by atoms with Crippen LogP contribution >= 0.6 is 0 Å². The van der Waals surface area contributed by atoms with E-state index >= 15 is 0 Å². The maximum absolute atomic E-state index is 12.3. The molecule has 0 heterocycles. The monoisotopic (exact) mass is 439 g/mol. The Bertz CT molecular complexity index is 907. The van der Waals surface area contributed by atoms with Crippen molar-refractivity contribution in [3.05, 3.63) is 72.3 Å². The predicted molar refractivity (Wildman–Crippen MR) is 126 cm³/mol. The molecule has 6 nitrogen and oxygen atoms in total. The number of anilines is 1. The number of hydrogen-bond acceptors (Lipinski definition) is 5. The van der Waals surface area contributed by atoms with Gasteiger partial charge >= 0.3 is 12.1 Å². The van der Waals surface area contributed by atoms with Crippen molar-refractivity contribution in [3.63, 3.8) is 0 Å². The van der Waals surface area contributed by atoms with Crippen molar-refractivity contribution in [1.82, 2.24) is 0 Å². The number of amides is 1. The summed E-state index contributed by atoms with van der Waals surface area (Å²) in [6.07, 6.45) is 0.932. The molecule has 0 radical (unpaired) electrons. The van der Waals surface area contributed by atoms with Crippen LogP contribution in [0.3, 0.4) is 0 Å². The molecule has 0 N–H and O–H groups in total. The number of hydrogen-bond donors (Lipinski definition) is 0. The van der Waals surface area contributed by atoms with Crippen molar-refractivity contribution in [1.29, 1.82) is 0 Å². The van der Waals surface area contributed by atoms with Gasteiger partial charge in [-0.1, -0.05) is 69.0 Å². The Hall–Kier alpha value is -3.12. The molecule has 0 saturated carbocycles. The molecule has 0 aliphatic heterocycles. The number of para-hydroxylation sites is 1. The van der Waals surface area contributed by atoms with E-state index in [2.05, 4.69) is 20.4 Å². The highest BCUT2D eigenvalue weighted by atomic mass is 16.5. The Morgan fingerprint density at radius 3 is 2.28 bits per heavy atom. The minimum Gasteiger partial charge on any atom is -0.468 e. The molecule has 0 saturated heterocycles. The second-order valence-electron chi connectivity index (χ2n) is 8.40. The van der Waals surface area contributed by atoms with E-state index in [0.717, 1.165) is 23.1 Å². The van der Waals surface area contributed by atoms with E-state index in [1.54, 1.807) is 12.1 Å². The molecule has 32 heavy (non-hydrogen) atoms. The molecule has 0 unspecified atom stereocenters. The van der Waals surface area contributed by atoms with Crippen LogP contribution in [0.15, 0.2) is 61.2 Å². The molecule has 0 spiro atoms. The molecule has 2 aromatic carbocycles. The number of ether oxygens (including phenoxy) is 3. The number of esters is 1. The molecular weight excluding hydrogens is 406 g/mol. The standard InChI is InChI=1S/C26H33NO5/c1-20(15-16-26(2,3)19-32-18-21-11-7-6-8-12-21)22-13-9-10-14-23(22)27(25(29)31-5)17-24(28)30-4/h6-14H,1,15-19H2,2-5H3. The van der Waals surface area contributed by atoms with Gasteiger partial charge in [-0.15, -0.1) is 0 Å². The van der Waals surface area contributed by atoms with Crippen LogP contribution < -0.4 is 4.90 Å². The summed E-state index contributed by atoms with van der Waals surface area (Å²) in [5, 5.41) is 0. The molecule has 2 aromatic rings. The second-order valence-corrected chi connectivity index (χ2v) is 8.40. The van der Waals surface area contributed by atoms with Gasteiger partial charge in [0.1, 0.15) is 6.54 Å². The molecule has 1 amide bonds. The molecule has 0 fully saturated rings. The fraction of sp³-hybridized carbons (Fsp3) is 0.385. The number of benzene rings is 2. The lowest BCUT2D eigenvalue weighted by atomic mass is 9.86. The lowest BCUT2D eigenvalue weighted by Crippen LogP contribution is -2.36. The van der Waals surface area contributed by atoms with Crippen molar-refractivity contribution in [2.45, 2.75) is 33.3 Å². The quantitative estimate of drug-likeness (QED) is 0.435. The second kappa shape index (κ2) is 12.1. The Labute approximate surface area is 190 Å². The number of nitrogens with zero attached hydrogens (tertiary/aromatic N) is 1. The molecule has 0 atom stereocenters. The third-order valence-corrected chi connectivity index (χ3v) is 5.19. The first-order valence-electron chi connectivity index (χ1n) is 10.6. The topological polar surface area (TPSA) is 65.1 Å². The number of methoxy groups -OCH3 is 2. The van der Waals surface area contributed by atoms with Crippen LogP contribution in [-0.4, -0.2) is 39.4 Å². The van der Waals surface area contributed by atoms with Gasteiger partial charge < -0.3 is 14.2 Å². The summed E-state index contributed by atoms with van der Waals surface area (Å²) in [5.74, 6) is -0.535. The minimum atomic E-state index is -0.634. The summed E-state index contributed by atoms with van der Waals surface area (Å²) in [7, 11) is 2.56. The highest BCUT2D eigenvalue weighted by Gasteiger charge is 2.24. The number of rotatable bonds is 11. The Morgan fingerprint density at radius 2 is 1.62 bits per heavy atom. The summed E-state index contributed by atoms with van der Waals surface area (Å²) in [6.45, 7) is 9.53. The van der Waals surface area contributed by atoms with Gasteiger partial charge in [0, 0.05) is 5.56 Å². The molecule has 2 rings (SSSR count). The molecule has 172 valence electrons. The maximum Gasteiger partial charge on any atom is 0.414 e. The largest absolute Gasteiger partial charge is 0.468 e. The summed E-state index contributed by atoms with van der Waals surface area (Å²) in [6, 6.07) is 17.4. The first-order chi connectivity index (χ1) is 15.3. The Morgan fingerprint density at radius 1 is 0.969 bits per heavy atom. The van der Waals surface area contributed by atoms with Crippen LogP contribution in [0.5, 0.6) is 0 Å². The average molecular weight is 440 g/mol. The fourth-order valence-electron chi connectivity index (χ4n) is 3.28. The molecule has 6 heteroatoms. The van der Waals surface area contributed by atoms with Gasteiger partial charge in [0.05, 0.1) is 33.1 Å². The molecule has 0 bridgehead atoms. The van der Waals surface area contributed by atoms with Crippen LogP contribution in [0.25, 0.3) is 5.57 Å². The van der Waals surface area contributed by atoms with Crippen molar-refractivity contribution in [2.24, 2.45) is 5.41 Å². The number of carbonyl (C=O) groups excluding carboxylic acids is 2. The summed E-state index contributed by atoms with van der Waals surface area (Å²) >= 11 is 0. The zero-order chi connectivity index (χ0) is 23.6. The van der Waals surface area contributed by atoms with Gasteiger partial charge in [-0.25, -0.2) is 4.79 Å². The molecule has 0 aliphatic rings. The SMILES string of the molecule is C=C(CCC(C)(C)COCc1ccccc1)c1ccccc1N(CC(=O)OC)C(=O)OC. The van der Waals surface area contributed by atoms with E-state index < -0.39 is 12.1 Å². The van der Waals surface area contributed by atoms with E-state index in [4.69, 9.17) is 14.2 Å². The third kappa shape index (κ3) is 7.54. The number of allylic oxidation sites excluding steroid dienone is 1. The predicted octanol–water partition coefficient (Wildman–Crippen LogP) is 5.47. The van der Waals surface area contributed by atoms with Gasteiger partial charge in [0.25, 0.3) is 0 Å². The summed E-state index contributed by atoms with van der Waals surface area (Å²) in [5.41, 5.74) is 3.32. The van der Waals surface area contributed by atoms with Crippen LogP contribution in [0.1, 0.15) is 37.8 Å². The van der Waals surface area contributed by atoms with Crippen molar-refractivity contribution < 1.29 is 23.8 Å². The lowest BCUT2D eigenvalue weighted by Gasteiger charge is -2.27. The van der Waals surface area contributed by atoms with E-state index in [1.165, 1.54) is 19.1 Å². The van der Waals surface area contributed by atoms with Crippen LogP contribution in [0.2, 0.25) is 0 Å². The maximum atomic E-state index is 12.3. The number of carbonyl (C=O) groups is 2. The van der Waals surface area contributed by atoms with E-state index in [1.807, 2.05) is 42.5 Å². The Kier molecular flexibility index (Phi) is 9.47. The molecule has 0 aliphatic carbocycles. The molecule has 0 aromatic heterocycles. The van der Waals surface area contributed by atoms with E-state index in [9.17, 15) is 9.59 Å². The van der Waals surface area contributed by atoms with Crippen LogP contribution in [0, 0.1) is 5.41 Å². The highest BCUT2D eigenvalue weighted by Crippen LogP contribution is 2.33. The van der Waals surface area contributed by atoms with E-state index in [0.29, 0.717) is 25.3 Å². The van der Waals surface area contributed by atoms with Crippen molar-refractivity contribution in [2.75, 3.05) is 32.3 Å². The van der Waals surface area contributed by atoms with Crippen molar-refractivity contribution in [3.8, 4) is 0 Å². The van der Waals surface area contributed by atoms with Gasteiger partial charge in [-0.3, -0.25) is 9.69 Å². The fourth-order valence-corrected chi connectivity index (χ4v) is 3.28. The van der Waals surface area contributed by atoms with Gasteiger partial charge in [0.2, 0.25) is 0 Å². The van der Waals surface area contributed by atoms with Gasteiger partial charge in [-0.2, -0.15) is 0 Å². The van der Waals surface area contributed by atoms with Gasteiger partial charge in [-0.05, 0) is 35.5 Å². The Balaban J connectivity index is 2.04. The average Bonchev–Trinajstić information content (AvgIpc) is 2.81. The zero-order valence-electron chi connectivity index (χ0n) is 19.4. The first-order valence-corrected chi connectivity index (χ1v) is 10.6. The van der Waals surface area contributed by atoms with E-state index in [-0.39, 0.29) is 12.0 Å². The van der Waals surface area contributed by atoms with Crippen molar-refractivity contribution >= 4 is 23.3 Å². The zero-order valence-corrected chi connectivity index (χ0v) is 19.4. The highest BCUT2D eigenvalue weighted by molar-refractivity contribution is 5.96. The van der Waals surface area contributed by atoms with Crippen LogP contribution in [-0.2, 0) is 25.6 Å². The molecular formula is C26H33NO5. The smallest absolute Gasteiger partial charge is 0.414 e. The third-order valence-electron chi connectivity index (χ3n) is 5.19. The van der Waals surface area contributed by atoms with Crippen LogP contribution in [0.4, 0.5) is 10.5 Å². The summed E-state index contributed by atoms with van der Waals surface area (Å²) in [4.78, 5) is 25.5. The first kappa shape index (κ1) is 25.1. The van der Waals surface area contributed by atoms with Gasteiger partial charge in [0.15, 0.2) is 0 Å². The lowest BCUT2D eigenvalue weighted by molar-refractivity contribution is -0.138.